The molecule has 0 aliphatic heterocycles. The number of unbranched alkanes of at least 4 members (excludes halogenated alkanes) is 1. The van der Waals surface area contributed by atoms with Crippen molar-refractivity contribution in [2.24, 2.45) is 40.4 Å². The summed E-state index contributed by atoms with van der Waals surface area (Å²) in [7, 11) is 0. The largest absolute Gasteiger partial charge is 0.198 e. The zero-order chi connectivity index (χ0) is 24.0. The summed E-state index contributed by atoms with van der Waals surface area (Å²) < 4.78 is 0. The number of fused-ring (bicyclic) bond motifs is 1. The predicted molar refractivity (Wildman–Crippen MR) is 144 cm³/mol. The minimum atomic E-state index is 0. The van der Waals surface area contributed by atoms with E-state index in [0.717, 1.165) is 30.1 Å². The van der Waals surface area contributed by atoms with Crippen molar-refractivity contribution in [2.75, 3.05) is 0 Å². The highest BCUT2D eigenvalue weighted by atomic mass is 14.6. The summed E-state index contributed by atoms with van der Waals surface area (Å²) in [6.07, 6.45) is 11.8. The van der Waals surface area contributed by atoms with Crippen LogP contribution in [0.1, 0.15) is 134 Å². The van der Waals surface area contributed by atoms with E-state index >= 15 is 0 Å². The van der Waals surface area contributed by atoms with Gasteiger partial charge < -0.3 is 0 Å². The van der Waals surface area contributed by atoms with E-state index in [2.05, 4.69) is 60.8 Å². The van der Waals surface area contributed by atoms with Gasteiger partial charge in [-0.2, -0.15) is 5.26 Å². The molecule has 0 aromatic rings. The van der Waals surface area contributed by atoms with E-state index in [0.29, 0.717) is 16.7 Å². The average Bonchev–Trinajstić information content (AvgIpc) is 3.13. The van der Waals surface area contributed by atoms with Gasteiger partial charge in [0.15, 0.2) is 0 Å². The Hall–Kier alpha value is -0.770. The Bertz CT molecular complexity index is 460. The normalized spacial score (nSPS) is 29.7. The van der Waals surface area contributed by atoms with Gasteiger partial charge in [-0.05, 0) is 72.5 Å². The van der Waals surface area contributed by atoms with Crippen molar-refractivity contribution in [1.82, 2.24) is 0 Å². The second-order valence-electron chi connectivity index (χ2n) is 9.93. The van der Waals surface area contributed by atoms with Gasteiger partial charge in [0.2, 0.25) is 0 Å². The van der Waals surface area contributed by atoms with Crippen LogP contribution < -0.4 is 0 Å². The van der Waals surface area contributed by atoms with Crippen LogP contribution in [0.5, 0.6) is 0 Å². The van der Waals surface area contributed by atoms with Crippen LogP contribution in [-0.4, -0.2) is 0 Å². The number of hydrogen-bond donors (Lipinski definition) is 0. The van der Waals surface area contributed by atoms with Crippen LogP contribution in [0.4, 0.5) is 0 Å². The van der Waals surface area contributed by atoms with E-state index in [4.69, 9.17) is 0 Å². The van der Waals surface area contributed by atoms with Crippen molar-refractivity contribution in [1.29, 1.82) is 5.26 Å². The molecule has 2 rings (SSSR count). The fourth-order valence-corrected chi connectivity index (χ4v) is 6.62. The molecule has 31 heavy (non-hydrogen) atoms. The monoisotopic (exact) mass is 435 g/mol. The van der Waals surface area contributed by atoms with Crippen molar-refractivity contribution < 1.29 is 0 Å². The molecule has 1 nitrogen and oxygen atoms in total. The quantitative estimate of drug-likeness (QED) is 0.365. The number of nitrogens with zero attached hydrogens (tertiary/aromatic N) is 1. The molecule has 2 saturated carbocycles. The molecule has 2 fully saturated rings. The summed E-state index contributed by atoms with van der Waals surface area (Å²) in [5, 5.41) is 9.18. The van der Waals surface area contributed by atoms with E-state index in [1.165, 1.54) is 51.4 Å². The first kappa shape index (κ1) is 34.8. The summed E-state index contributed by atoms with van der Waals surface area (Å²) in [5.41, 5.74) is 0.977. The zero-order valence-corrected chi connectivity index (χ0v) is 22.6. The van der Waals surface area contributed by atoms with Gasteiger partial charge in [-0.15, -0.1) is 13.2 Å². The van der Waals surface area contributed by atoms with Gasteiger partial charge in [0.1, 0.15) is 0 Å². The molecule has 0 radical (unpaired) electrons. The molecule has 6 atom stereocenters. The Morgan fingerprint density at radius 3 is 2.06 bits per heavy atom. The molecule has 0 saturated heterocycles. The lowest BCUT2D eigenvalue weighted by molar-refractivity contribution is -0.0475. The molecule has 1 heteroatoms. The first-order chi connectivity index (χ1) is 14.3. The fourth-order valence-electron chi connectivity index (χ4n) is 6.62. The maximum absolute atomic E-state index is 9.18. The lowest BCUT2D eigenvalue weighted by atomic mass is 9.51. The first-order valence-corrected chi connectivity index (χ1v) is 13.2. The Kier molecular flexibility index (Phi) is 19.9. The average molecular weight is 436 g/mol. The van der Waals surface area contributed by atoms with E-state index in [1.54, 1.807) is 0 Å². The molecule has 0 aromatic heterocycles. The van der Waals surface area contributed by atoms with Crippen molar-refractivity contribution in [3.63, 3.8) is 0 Å². The SMILES string of the molecule is C.C=C.CC.CC.CCCCC1C(C(C)(C)CC)CCC2(C)C(C(C)CC#N)CCC12. The second-order valence-corrected chi connectivity index (χ2v) is 9.93. The second kappa shape index (κ2) is 17.7. The van der Waals surface area contributed by atoms with Gasteiger partial charge in [-0.3, -0.25) is 0 Å². The van der Waals surface area contributed by atoms with Crippen LogP contribution >= 0.6 is 0 Å². The van der Waals surface area contributed by atoms with Crippen LogP contribution in [0.2, 0.25) is 0 Å². The lowest BCUT2D eigenvalue weighted by Gasteiger charge is -2.54. The molecule has 2 aliphatic rings. The summed E-state index contributed by atoms with van der Waals surface area (Å²) in [6, 6.07) is 2.44. The Balaban J connectivity index is -0.00000103. The predicted octanol–water partition coefficient (Wildman–Crippen LogP) is 10.7. The Morgan fingerprint density at radius 2 is 1.61 bits per heavy atom. The maximum Gasteiger partial charge on any atom is 0.0624 e. The van der Waals surface area contributed by atoms with E-state index < -0.39 is 0 Å². The Labute approximate surface area is 199 Å². The van der Waals surface area contributed by atoms with Crippen molar-refractivity contribution >= 4 is 0 Å². The van der Waals surface area contributed by atoms with E-state index in [9.17, 15) is 5.26 Å². The molecule has 0 aromatic carbocycles. The van der Waals surface area contributed by atoms with Crippen molar-refractivity contribution in [3.05, 3.63) is 13.2 Å². The summed E-state index contributed by atoms with van der Waals surface area (Å²) in [5.74, 6) is 4.07. The maximum atomic E-state index is 9.18. The lowest BCUT2D eigenvalue weighted by Crippen LogP contribution is -2.46. The summed E-state index contributed by atoms with van der Waals surface area (Å²) >= 11 is 0. The van der Waals surface area contributed by atoms with Crippen LogP contribution in [-0.2, 0) is 0 Å². The highest BCUT2D eigenvalue weighted by Crippen LogP contribution is 2.64. The van der Waals surface area contributed by atoms with E-state index in [-0.39, 0.29) is 7.43 Å². The number of rotatable bonds is 7. The van der Waals surface area contributed by atoms with Crippen LogP contribution in [0.3, 0.4) is 0 Å². The van der Waals surface area contributed by atoms with Crippen LogP contribution in [0.25, 0.3) is 0 Å². The fraction of sp³-hybridized carbons (Fsp3) is 0.900. The zero-order valence-electron chi connectivity index (χ0n) is 22.6. The summed E-state index contributed by atoms with van der Waals surface area (Å²) in [6.45, 7) is 28.7. The van der Waals surface area contributed by atoms with Crippen molar-refractivity contribution in [2.45, 2.75) is 134 Å². The van der Waals surface area contributed by atoms with Crippen LogP contribution in [0.15, 0.2) is 13.2 Å². The first-order valence-electron chi connectivity index (χ1n) is 13.2. The van der Waals surface area contributed by atoms with Gasteiger partial charge in [0, 0.05) is 6.42 Å². The molecular weight excluding hydrogens is 374 g/mol. The highest BCUT2D eigenvalue weighted by molar-refractivity contribution is 5.05. The minimum absolute atomic E-state index is 0. The molecule has 0 N–H and O–H groups in total. The van der Waals surface area contributed by atoms with Gasteiger partial charge in [0.25, 0.3) is 0 Å². The smallest absolute Gasteiger partial charge is 0.0624 e. The third-order valence-corrected chi connectivity index (χ3v) is 8.42. The number of hydrogen-bond acceptors (Lipinski definition) is 1. The number of nitriles is 1. The van der Waals surface area contributed by atoms with Gasteiger partial charge in [0.05, 0.1) is 6.07 Å². The molecular formula is C30H61N. The molecule has 0 bridgehead atoms. The molecule has 0 heterocycles. The topological polar surface area (TPSA) is 23.8 Å². The summed E-state index contributed by atoms with van der Waals surface area (Å²) in [4.78, 5) is 0. The van der Waals surface area contributed by atoms with Crippen LogP contribution in [0, 0.1) is 51.8 Å². The molecule has 0 spiro atoms. The molecule has 0 amide bonds. The third-order valence-electron chi connectivity index (χ3n) is 8.42. The van der Waals surface area contributed by atoms with Gasteiger partial charge >= 0.3 is 0 Å². The molecule has 186 valence electrons. The molecule has 2 aliphatic carbocycles. The van der Waals surface area contributed by atoms with Gasteiger partial charge in [-0.1, -0.05) is 95.9 Å². The van der Waals surface area contributed by atoms with Crippen molar-refractivity contribution in [3.8, 4) is 6.07 Å². The standard InChI is InChI=1S/C23H41N.2C2H6.C2H4.CH4/c1-7-9-10-18-20(22(4,5)8-2)13-15-23(6)19(11-12-21(18)23)17(3)14-16-24;3*1-2;/h17-21H,7-15H2,1-6H3;2*1-2H3;1-2H2;1H4. The molecule has 6 unspecified atom stereocenters. The highest BCUT2D eigenvalue weighted by Gasteiger charge is 2.56. The third kappa shape index (κ3) is 8.59. The Morgan fingerprint density at radius 1 is 1.06 bits per heavy atom. The van der Waals surface area contributed by atoms with Gasteiger partial charge in [-0.25, -0.2) is 0 Å². The minimum Gasteiger partial charge on any atom is -0.198 e. The van der Waals surface area contributed by atoms with E-state index in [1.807, 2.05) is 27.7 Å².